The van der Waals surface area contributed by atoms with Gasteiger partial charge in [-0.15, -0.1) is 0 Å². The Morgan fingerprint density at radius 3 is 2.82 bits per heavy atom. The number of ether oxygens (including phenoxy) is 1. The highest BCUT2D eigenvalue weighted by molar-refractivity contribution is 5.93. The van der Waals surface area contributed by atoms with Gasteiger partial charge in [-0.25, -0.2) is 14.4 Å². The van der Waals surface area contributed by atoms with Gasteiger partial charge in [-0.3, -0.25) is 14.2 Å². The van der Waals surface area contributed by atoms with Gasteiger partial charge in [-0.1, -0.05) is 12.1 Å². The van der Waals surface area contributed by atoms with Crippen molar-refractivity contribution in [2.45, 2.75) is 25.5 Å². The predicted octanol–water partition coefficient (Wildman–Crippen LogP) is 3.07. The quantitative estimate of drug-likeness (QED) is 0.490. The van der Waals surface area contributed by atoms with Crippen molar-refractivity contribution in [1.29, 1.82) is 0 Å². The number of benzene rings is 2. The summed E-state index contributed by atoms with van der Waals surface area (Å²) in [5.41, 5.74) is 1.25. The Balaban J connectivity index is 1.48. The standard InChI is InChI=1S/C24H22FN5O3/c25-16-7-9-17(10-8-16)30-15-26-12-21(30)24(32)29(13-18-4-3-11-33-18)14-22-27-20-6-2-1-5-19(20)23(31)28-22/h1-2,5-10,12,15,18H,3-4,11,13-14H2,(H,27,28,31)/t18-/m0/s1. The van der Waals surface area contributed by atoms with E-state index in [1.54, 1.807) is 39.8 Å². The number of nitrogens with one attached hydrogen (secondary N) is 1. The van der Waals surface area contributed by atoms with Crippen LogP contribution in [0, 0.1) is 5.82 Å². The first kappa shape index (κ1) is 21.0. The molecule has 2 aromatic heterocycles. The minimum atomic E-state index is -0.363. The maximum absolute atomic E-state index is 13.6. The largest absolute Gasteiger partial charge is 0.376 e. The topological polar surface area (TPSA) is 93.1 Å². The number of fused-ring (bicyclic) bond motifs is 1. The van der Waals surface area contributed by atoms with Gasteiger partial charge in [0.15, 0.2) is 0 Å². The number of rotatable bonds is 6. The normalized spacial score (nSPS) is 15.7. The maximum atomic E-state index is 13.6. The van der Waals surface area contributed by atoms with E-state index in [1.165, 1.54) is 24.7 Å². The molecule has 1 aliphatic rings. The van der Waals surface area contributed by atoms with Crippen LogP contribution in [-0.2, 0) is 11.3 Å². The summed E-state index contributed by atoms with van der Waals surface area (Å²) >= 11 is 0. The summed E-state index contributed by atoms with van der Waals surface area (Å²) in [7, 11) is 0. The average molecular weight is 447 g/mol. The van der Waals surface area contributed by atoms with E-state index >= 15 is 0 Å². The van der Waals surface area contributed by atoms with Crippen LogP contribution in [0.25, 0.3) is 16.6 Å². The summed E-state index contributed by atoms with van der Waals surface area (Å²) in [6, 6.07) is 12.9. The molecule has 3 heterocycles. The first-order chi connectivity index (χ1) is 16.1. The van der Waals surface area contributed by atoms with E-state index in [2.05, 4.69) is 15.0 Å². The molecule has 33 heavy (non-hydrogen) atoms. The average Bonchev–Trinajstić information content (AvgIpc) is 3.51. The number of hydrogen-bond donors (Lipinski definition) is 1. The molecule has 8 nitrogen and oxygen atoms in total. The number of para-hydroxylation sites is 1. The van der Waals surface area contributed by atoms with Crippen molar-refractivity contribution in [2.75, 3.05) is 13.2 Å². The molecule has 2 aromatic carbocycles. The van der Waals surface area contributed by atoms with E-state index in [9.17, 15) is 14.0 Å². The fourth-order valence-corrected chi connectivity index (χ4v) is 4.07. The molecule has 0 spiro atoms. The SMILES string of the molecule is O=C(c1cncn1-c1ccc(F)cc1)N(Cc1nc2ccccc2c(=O)[nH]1)C[C@@H]1CCCO1. The Bertz CT molecular complexity index is 1340. The van der Waals surface area contributed by atoms with Crippen LogP contribution in [0.15, 0.2) is 65.8 Å². The number of nitrogens with zero attached hydrogens (tertiary/aromatic N) is 4. The molecule has 1 amide bonds. The monoisotopic (exact) mass is 447 g/mol. The van der Waals surface area contributed by atoms with Crippen molar-refractivity contribution in [1.82, 2.24) is 24.4 Å². The Morgan fingerprint density at radius 1 is 1.21 bits per heavy atom. The second kappa shape index (κ2) is 8.95. The molecule has 5 rings (SSSR count). The molecule has 0 bridgehead atoms. The van der Waals surface area contributed by atoms with Crippen LogP contribution in [0.2, 0.25) is 0 Å². The van der Waals surface area contributed by atoms with Gasteiger partial charge in [-0.2, -0.15) is 0 Å². The zero-order valence-electron chi connectivity index (χ0n) is 17.8. The molecular weight excluding hydrogens is 425 g/mol. The van der Waals surface area contributed by atoms with Crippen molar-refractivity contribution < 1.29 is 13.9 Å². The van der Waals surface area contributed by atoms with Crippen LogP contribution in [0.1, 0.15) is 29.2 Å². The predicted molar refractivity (Wildman–Crippen MR) is 120 cm³/mol. The van der Waals surface area contributed by atoms with Gasteiger partial charge < -0.3 is 14.6 Å². The Kier molecular flexibility index (Phi) is 5.70. The molecule has 0 saturated carbocycles. The second-order valence-corrected chi connectivity index (χ2v) is 7.98. The first-order valence-electron chi connectivity index (χ1n) is 10.8. The van der Waals surface area contributed by atoms with Crippen LogP contribution in [0.3, 0.4) is 0 Å². The highest BCUT2D eigenvalue weighted by atomic mass is 19.1. The van der Waals surface area contributed by atoms with E-state index in [0.717, 1.165) is 12.8 Å². The Hall–Kier alpha value is -3.85. The summed E-state index contributed by atoms with van der Waals surface area (Å²) < 4.78 is 20.8. The molecule has 1 N–H and O–H groups in total. The molecule has 9 heteroatoms. The Labute approximate surface area is 188 Å². The third kappa shape index (κ3) is 4.40. The fourth-order valence-electron chi connectivity index (χ4n) is 4.07. The lowest BCUT2D eigenvalue weighted by atomic mass is 10.2. The van der Waals surface area contributed by atoms with Crippen LogP contribution >= 0.6 is 0 Å². The summed E-state index contributed by atoms with van der Waals surface area (Å²) in [6.07, 6.45) is 4.68. The van der Waals surface area contributed by atoms with Gasteiger partial charge in [0, 0.05) is 18.8 Å². The number of carbonyl (C=O) groups excluding carboxylic acids is 1. The lowest BCUT2D eigenvalue weighted by Gasteiger charge is -2.25. The van der Waals surface area contributed by atoms with E-state index < -0.39 is 0 Å². The van der Waals surface area contributed by atoms with Crippen LogP contribution in [-0.4, -0.2) is 49.6 Å². The lowest BCUT2D eigenvalue weighted by molar-refractivity contribution is 0.0495. The van der Waals surface area contributed by atoms with E-state index in [0.29, 0.717) is 41.3 Å². The molecule has 4 aromatic rings. The van der Waals surface area contributed by atoms with Crippen molar-refractivity contribution in [2.24, 2.45) is 0 Å². The smallest absolute Gasteiger partial charge is 0.272 e. The Morgan fingerprint density at radius 2 is 2.03 bits per heavy atom. The van der Waals surface area contributed by atoms with Gasteiger partial charge in [0.1, 0.15) is 17.3 Å². The summed E-state index contributed by atoms with van der Waals surface area (Å²) in [6.45, 7) is 1.11. The molecule has 1 aliphatic heterocycles. The second-order valence-electron chi connectivity index (χ2n) is 7.98. The number of hydrogen-bond acceptors (Lipinski definition) is 5. The van der Waals surface area contributed by atoms with Crippen LogP contribution in [0.5, 0.6) is 0 Å². The minimum absolute atomic E-state index is 0.0941. The van der Waals surface area contributed by atoms with Gasteiger partial charge in [-0.05, 0) is 49.2 Å². The minimum Gasteiger partial charge on any atom is -0.376 e. The maximum Gasteiger partial charge on any atom is 0.272 e. The molecule has 168 valence electrons. The van der Waals surface area contributed by atoms with Crippen molar-refractivity contribution >= 4 is 16.8 Å². The summed E-state index contributed by atoms with van der Waals surface area (Å²) in [5, 5.41) is 0.493. The zero-order valence-corrected chi connectivity index (χ0v) is 17.8. The highest BCUT2D eigenvalue weighted by Gasteiger charge is 2.26. The van der Waals surface area contributed by atoms with Crippen molar-refractivity contribution in [3.63, 3.8) is 0 Å². The third-order valence-corrected chi connectivity index (χ3v) is 5.70. The van der Waals surface area contributed by atoms with Crippen LogP contribution < -0.4 is 5.56 Å². The van der Waals surface area contributed by atoms with E-state index in [-0.39, 0.29) is 29.9 Å². The first-order valence-corrected chi connectivity index (χ1v) is 10.8. The van der Waals surface area contributed by atoms with Gasteiger partial charge in [0.05, 0.1) is 36.1 Å². The molecule has 0 aliphatic carbocycles. The number of aromatic amines is 1. The van der Waals surface area contributed by atoms with E-state index in [4.69, 9.17) is 4.74 Å². The highest BCUT2D eigenvalue weighted by Crippen LogP contribution is 2.19. The van der Waals surface area contributed by atoms with Gasteiger partial charge in [0.2, 0.25) is 0 Å². The summed E-state index contributed by atoms with van der Waals surface area (Å²) in [4.78, 5) is 39.2. The van der Waals surface area contributed by atoms with Crippen LogP contribution in [0.4, 0.5) is 4.39 Å². The van der Waals surface area contributed by atoms with Gasteiger partial charge in [0.25, 0.3) is 11.5 Å². The van der Waals surface area contributed by atoms with Crippen molar-refractivity contribution in [3.05, 3.63) is 88.7 Å². The van der Waals surface area contributed by atoms with Crippen molar-refractivity contribution in [3.8, 4) is 5.69 Å². The number of carbonyl (C=O) groups is 1. The number of halogens is 1. The molecule has 1 fully saturated rings. The molecule has 0 unspecified atom stereocenters. The molecular formula is C24H22FN5O3. The molecule has 0 radical (unpaired) electrons. The van der Waals surface area contributed by atoms with Gasteiger partial charge >= 0.3 is 0 Å². The summed E-state index contributed by atoms with van der Waals surface area (Å²) in [5.74, 6) is -0.265. The number of H-pyrrole nitrogens is 1. The van der Waals surface area contributed by atoms with E-state index in [1.807, 2.05) is 6.07 Å². The third-order valence-electron chi connectivity index (χ3n) is 5.70. The molecule has 1 atom stereocenters. The lowest BCUT2D eigenvalue weighted by Crippen LogP contribution is -2.38. The zero-order chi connectivity index (χ0) is 22.8. The number of imidazole rings is 1. The number of amides is 1. The fraction of sp³-hybridized carbons (Fsp3) is 0.250. The number of aromatic nitrogens is 4. The molecule has 1 saturated heterocycles.